The van der Waals surface area contributed by atoms with E-state index in [2.05, 4.69) is 10.0 Å². The van der Waals surface area contributed by atoms with Crippen molar-refractivity contribution in [1.82, 2.24) is 4.90 Å². The predicted molar refractivity (Wildman–Crippen MR) is 128 cm³/mol. The largest absolute Gasteiger partial charge is 0.332 e. The van der Waals surface area contributed by atoms with Crippen LogP contribution in [0.3, 0.4) is 0 Å². The van der Waals surface area contributed by atoms with E-state index in [1.54, 1.807) is 35.7 Å². The number of thiophene rings is 1. The molecule has 0 spiro atoms. The lowest BCUT2D eigenvalue weighted by molar-refractivity contribution is -0.116. The molecule has 0 unspecified atom stereocenters. The Morgan fingerprint density at radius 2 is 1.69 bits per heavy atom. The fourth-order valence-corrected chi connectivity index (χ4v) is 5.51. The predicted octanol–water partition coefficient (Wildman–Crippen LogP) is 4.18. The number of hydrogen-bond acceptors (Lipinski definition) is 5. The standard InChI is InChI=1S/C23H25N3O4S2/c1-15-8-10-18(11-9-15)25-32(29,30)20-12-13-31-22(20)23(28)26(4)14-21(27)24-19-7-5-6-16(2)17(19)3/h5-13,25H,14H2,1-4H3,(H,24,27). The first-order chi connectivity index (χ1) is 15.1. The molecular weight excluding hydrogens is 446 g/mol. The lowest BCUT2D eigenvalue weighted by Gasteiger charge is -2.18. The molecule has 0 aliphatic carbocycles. The Hall–Kier alpha value is -3.17. The van der Waals surface area contributed by atoms with Crippen molar-refractivity contribution in [3.8, 4) is 0 Å². The summed E-state index contributed by atoms with van der Waals surface area (Å²) < 4.78 is 28.2. The summed E-state index contributed by atoms with van der Waals surface area (Å²) in [6, 6.07) is 13.9. The molecule has 0 radical (unpaired) electrons. The van der Waals surface area contributed by atoms with Gasteiger partial charge in [0.15, 0.2) is 0 Å². The maximum Gasteiger partial charge on any atom is 0.265 e. The minimum Gasteiger partial charge on any atom is -0.332 e. The average molecular weight is 472 g/mol. The number of anilines is 2. The second-order valence-corrected chi connectivity index (χ2v) is 10.1. The monoisotopic (exact) mass is 471 g/mol. The van der Waals surface area contributed by atoms with Gasteiger partial charge in [0.1, 0.15) is 9.77 Å². The lowest BCUT2D eigenvalue weighted by atomic mass is 10.1. The maximum atomic E-state index is 12.9. The van der Waals surface area contributed by atoms with Crippen LogP contribution in [0, 0.1) is 20.8 Å². The normalized spacial score (nSPS) is 11.1. The number of carbonyl (C=O) groups is 2. The minimum absolute atomic E-state index is 0.0478. The molecule has 2 aromatic carbocycles. The SMILES string of the molecule is Cc1ccc(NS(=O)(=O)c2ccsc2C(=O)N(C)CC(=O)Nc2cccc(C)c2C)cc1. The average Bonchev–Trinajstić information content (AvgIpc) is 3.23. The molecule has 1 aromatic heterocycles. The van der Waals surface area contributed by atoms with E-state index in [1.807, 2.05) is 32.9 Å². The van der Waals surface area contributed by atoms with Gasteiger partial charge in [0.25, 0.3) is 15.9 Å². The number of amides is 2. The quantitative estimate of drug-likeness (QED) is 0.540. The molecule has 2 N–H and O–H groups in total. The summed E-state index contributed by atoms with van der Waals surface area (Å²) in [6.07, 6.45) is 0. The van der Waals surface area contributed by atoms with Crippen molar-refractivity contribution in [3.05, 3.63) is 75.5 Å². The zero-order valence-electron chi connectivity index (χ0n) is 18.3. The number of rotatable bonds is 7. The highest BCUT2D eigenvalue weighted by Crippen LogP contribution is 2.26. The van der Waals surface area contributed by atoms with Crippen LogP contribution < -0.4 is 10.0 Å². The van der Waals surface area contributed by atoms with Gasteiger partial charge in [-0.05, 0) is 61.5 Å². The highest BCUT2D eigenvalue weighted by atomic mass is 32.2. The molecule has 32 heavy (non-hydrogen) atoms. The van der Waals surface area contributed by atoms with E-state index in [1.165, 1.54) is 18.0 Å². The van der Waals surface area contributed by atoms with Gasteiger partial charge in [0, 0.05) is 18.4 Å². The molecule has 0 aliphatic heterocycles. The van der Waals surface area contributed by atoms with E-state index in [-0.39, 0.29) is 22.2 Å². The molecule has 0 atom stereocenters. The van der Waals surface area contributed by atoms with Crippen LogP contribution in [-0.2, 0) is 14.8 Å². The van der Waals surface area contributed by atoms with Crippen molar-refractivity contribution < 1.29 is 18.0 Å². The molecule has 7 nitrogen and oxygen atoms in total. The van der Waals surface area contributed by atoms with Crippen LogP contribution in [0.1, 0.15) is 26.4 Å². The summed E-state index contributed by atoms with van der Waals surface area (Å²) in [4.78, 5) is 26.6. The van der Waals surface area contributed by atoms with Crippen molar-refractivity contribution in [3.63, 3.8) is 0 Å². The molecule has 2 amide bonds. The molecule has 168 valence electrons. The molecule has 3 aromatic rings. The zero-order chi connectivity index (χ0) is 23.5. The lowest BCUT2D eigenvalue weighted by Crippen LogP contribution is -2.35. The van der Waals surface area contributed by atoms with Gasteiger partial charge in [-0.15, -0.1) is 11.3 Å². The first-order valence-electron chi connectivity index (χ1n) is 9.87. The van der Waals surface area contributed by atoms with Crippen LogP contribution in [0.2, 0.25) is 0 Å². The molecule has 9 heteroatoms. The molecule has 1 heterocycles. The second-order valence-electron chi connectivity index (χ2n) is 7.54. The number of carbonyl (C=O) groups excluding carboxylic acids is 2. The van der Waals surface area contributed by atoms with Gasteiger partial charge in [-0.3, -0.25) is 14.3 Å². The van der Waals surface area contributed by atoms with Crippen LogP contribution in [0.4, 0.5) is 11.4 Å². The van der Waals surface area contributed by atoms with Gasteiger partial charge in [-0.1, -0.05) is 29.8 Å². The topological polar surface area (TPSA) is 95.6 Å². The smallest absolute Gasteiger partial charge is 0.265 e. The number of aryl methyl sites for hydroxylation is 2. The Labute approximate surface area is 192 Å². The van der Waals surface area contributed by atoms with Crippen LogP contribution in [-0.4, -0.2) is 38.7 Å². The van der Waals surface area contributed by atoms with Crippen molar-refractivity contribution >= 4 is 44.5 Å². The van der Waals surface area contributed by atoms with E-state index in [4.69, 9.17) is 0 Å². The van der Waals surface area contributed by atoms with E-state index in [0.717, 1.165) is 28.0 Å². The first kappa shape index (κ1) is 23.5. The van der Waals surface area contributed by atoms with Gasteiger partial charge in [0.05, 0.1) is 6.54 Å². The van der Waals surface area contributed by atoms with E-state index >= 15 is 0 Å². The molecule has 0 saturated heterocycles. The Morgan fingerprint density at radius 1 is 1.00 bits per heavy atom. The Morgan fingerprint density at radius 3 is 2.38 bits per heavy atom. The van der Waals surface area contributed by atoms with Crippen molar-refractivity contribution in [2.45, 2.75) is 25.7 Å². The molecule has 0 aliphatic rings. The summed E-state index contributed by atoms with van der Waals surface area (Å²) in [6.45, 7) is 5.54. The number of sulfonamides is 1. The number of nitrogens with one attached hydrogen (secondary N) is 2. The van der Waals surface area contributed by atoms with Crippen LogP contribution in [0.5, 0.6) is 0 Å². The van der Waals surface area contributed by atoms with Gasteiger partial charge in [0.2, 0.25) is 5.91 Å². The summed E-state index contributed by atoms with van der Waals surface area (Å²) in [5, 5.41) is 4.35. The number of hydrogen-bond donors (Lipinski definition) is 2. The van der Waals surface area contributed by atoms with Crippen molar-refractivity contribution in [2.75, 3.05) is 23.6 Å². The highest BCUT2D eigenvalue weighted by molar-refractivity contribution is 7.93. The van der Waals surface area contributed by atoms with Gasteiger partial charge in [-0.25, -0.2) is 8.42 Å². The molecular formula is C23H25N3O4S2. The molecule has 0 fully saturated rings. The summed E-state index contributed by atoms with van der Waals surface area (Å²) in [7, 11) is -2.50. The second kappa shape index (κ2) is 9.54. The number of nitrogens with zero attached hydrogens (tertiary/aromatic N) is 1. The Balaban J connectivity index is 1.72. The van der Waals surface area contributed by atoms with Crippen molar-refractivity contribution in [2.24, 2.45) is 0 Å². The van der Waals surface area contributed by atoms with Crippen molar-refractivity contribution in [1.29, 1.82) is 0 Å². The van der Waals surface area contributed by atoms with Gasteiger partial charge >= 0.3 is 0 Å². The Kier molecular flexibility index (Phi) is 7.00. The maximum absolute atomic E-state index is 12.9. The third kappa shape index (κ3) is 5.35. The first-order valence-corrected chi connectivity index (χ1v) is 12.2. The molecule has 0 bridgehead atoms. The van der Waals surface area contributed by atoms with Crippen LogP contribution >= 0.6 is 11.3 Å². The van der Waals surface area contributed by atoms with Crippen LogP contribution in [0.25, 0.3) is 0 Å². The van der Waals surface area contributed by atoms with E-state index < -0.39 is 15.9 Å². The highest BCUT2D eigenvalue weighted by Gasteiger charge is 2.27. The van der Waals surface area contributed by atoms with E-state index in [9.17, 15) is 18.0 Å². The summed E-state index contributed by atoms with van der Waals surface area (Å²) in [5.74, 6) is -0.909. The third-order valence-electron chi connectivity index (χ3n) is 5.02. The number of benzene rings is 2. The fraction of sp³-hybridized carbons (Fsp3) is 0.217. The third-order valence-corrected chi connectivity index (χ3v) is 7.48. The van der Waals surface area contributed by atoms with E-state index in [0.29, 0.717) is 11.4 Å². The fourth-order valence-electron chi connectivity index (χ4n) is 3.03. The summed E-state index contributed by atoms with van der Waals surface area (Å²) in [5.41, 5.74) is 4.07. The van der Waals surface area contributed by atoms with Gasteiger partial charge < -0.3 is 10.2 Å². The van der Waals surface area contributed by atoms with Gasteiger partial charge in [-0.2, -0.15) is 0 Å². The molecule has 3 rings (SSSR count). The zero-order valence-corrected chi connectivity index (χ0v) is 19.9. The number of likely N-dealkylation sites (N-methyl/N-ethyl adjacent to an activating group) is 1. The Bertz CT molecular complexity index is 1250. The van der Waals surface area contributed by atoms with Crippen LogP contribution in [0.15, 0.2) is 58.8 Å². The minimum atomic E-state index is -3.97. The summed E-state index contributed by atoms with van der Waals surface area (Å²) >= 11 is 1.02. The molecule has 0 saturated carbocycles.